The van der Waals surface area contributed by atoms with E-state index in [2.05, 4.69) is 0 Å². The van der Waals surface area contributed by atoms with Gasteiger partial charge in [0.1, 0.15) is 11.8 Å². The van der Waals surface area contributed by atoms with Gasteiger partial charge in [-0.25, -0.2) is 9.18 Å². The lowest BCUT2D eigenvalue weighted by Gasteiger charge is -2.33. The molecule has 2 rings (SSSR count). The molecule has 16 heavy (non-hydrogen) atoms. The minimum absolute atomic E-state index is 0.132. The SMILES string of the molecule is CC(C)(C)OC(=O)N1C[C@H]2C[C@@H]1[C@@H](F)[C@@H]2O. The summed E-state index contributed by atoms with van der Waals surface area (Å²) in [7, 11) is 0. The molecule has 1 heterocycles. The van der Waals surface area contributed by atoms with Crippen molar-refractivity contribution in [2.45, 2.75) is 51.1 Å². The smallest absolute Gasteiger partial charge is 0.410 e. The Balaban J connectivity index is 2.01. The normalized spacial score (nSPS) is 37.9. The van der Waals surface area contributed by atoms with E-state index in [4.69, 9.17) is 4.74 Å². The maximum absolute atomic E-state index is 13.6. The number of carbonyl (C=O) groups is 1. The van der Waals surface area contributed by atoms with Crippen LogP contribution in [-0.4, -0.2) is 46.6 Å². The van der Waals surface area contributed by atoms with Crippen molar-refractivity contribution in [1.29, 1.82) is 0 Å². The summed E-state index contributed by atoms with van der Waals surface area (Å²) < 4.78 is 18.8. The molecule has 92 valence electrons. The highest BCUT2D eigenvalue weighted by Gasteiger charge is 2.54. The van der Waals surface area contributed by atoms with Gasteiger partial charge < -0.3 is 14.7 Å². The quantitative estimate of drug-likeness (QED) is 0.684. The van der Waals surface area contributed by atoms with Crippen LogP contribution in [0.4, 0.5) is 9.18 Å². The molecule has 1 N–H and O–H groups in total. The van der Waals surface area contributed by atoms with E-state index in [0.717, 1.165) is 0 Å². The van der Waals surface area contributed by atoms with Crippen LogP contribution in [0.25, 0.3) is 0 Å². The second-order valence-electron chi connectivity index (χ2n) is 5.63. The van der Waals surface area contributed by atoms with Gasteiger partial charge in [-0.05, 0) is 27.2 Å². The van der Waals surface area contributed by atoms with Crippen molar-refractivity contribution in [2.75, 3.05) is 6.54 Å². The minimum atomic E-state index is -1.33. The van der Waals surface area contributed by atoms with Gasteiger partial charge in [0.15, 0.2) is 0 Å². The number of amides is 1. The molecule has 2 fully saturated rings. The maximum Gasteiger partial charge on any atom is 0.410 e. The van der Waals surface area contributed by atoms with Gasteiger partial charge in [0.2, 0.25) is 0 Å². The third kappa shape index (κ3) is 1.88. The molecule has 1 aliphatic heterocycles. The van der Waals surface area contributed by atoms with Crippen LogP contribution in [0.15, 0.2) is 0 Å². The van der Waals surface area contributed by atoms with E-state index < -0.39 is 30.0 Å². The molecule has 0 spiro atoms. The number of carbonyl (C=O) groups excluding carboxylic acids is 1. The van der Waals surface area contributed by atoms with Gasteiger partial charge in [0.25, 0.3) is 0 Å². The molecule has 0 unspecified atom stereocenters. The first kappa shape index (κ1) is 11.6. The minimum Gasteiger partial charge on any atom is -0.444 e. The summed E-state index contributed by atoms with van der Waals surface area (Å²) in [4.78, 5) is 13.2. The summed E-state index contributed by atoms with van der Waals surface area (Å²) in [6.07, 6.45) is -2.17. The summed E-state index contributed by atoms with van der Waals surface area (Å²) in [5.41, 5.74) is -0.566. The number of alkyl halides is 1. The average Bonchev–Trinajstić information content (AvgIpc) is 2.65. The topological polar surface area (TPSA) is 49.8 Å². The van der Waals surface area contributed by atoms with E-state index in [1.165, 1.54) is 4.90 Å². The maximum atomic E-state index is 13.6. The molecular weight excluding hydrogens is 213 g/mol. The second-order valence-corrected chi connectivity index (χ2v) is 5.63. The van der Waals surface area contributed by atoms with Crippen molar-refractivity contribution >= 4 is 6.09 Å². The Morgan fingerprint density at radius 2 is 2.12 bits per heavy atom. The number of ether oxygens (including phenoxy) is 1. The first-order valence-corrected chi connectivity index (χ1v) is 5.61. The Labute approximate surface area is 94.4 Å². The number of piperidine rings is 1. The average molecular weight is 231 g/mol. The third-order valence-corrected chi connectivity index (χ3v) is 3.18. The summed E-state index contributed by atoms with van der Waals surface area (Å²) in [5.74, 6) is -0.132. The number of rotatable bonds is 0. The molecular formula is C11H18FNO3. The van der Waals surface area contributed by atoms with E-state index in [1.807, 2.05) is 0 Å². The van der Waals surface area contributed by atoms with E-state index in [-0.39, 0.29) is 5.92 Å². The first-order chi connectivity index (χ1) is 7.29. The Kier molecular flexibility index (Phi) is 2.61. The highest BCUT2D eigenvalue weighted by molar-refractivity contribution is 5.69. The monoisotopic (exact) mass is 231 g/mol. The van der Waals surface area contributed by atoms with Gasteiger partial charge in [-0.15, -0.1) is 0 Å². The molecule has 1 aliphatic carbocycles. The van der Waals surface area contributed by atoms with Gasteiger partial charge in [0, 0.05) is 12.5 Å². The van der Waals surface area contributed by atoms with Crippen LogP contribution < -0.4 is 0 Å². The van der Waals surface area contributed by atoms with Gasteiger partial charge in [-0.2, -0.15) is 0 Å². The molecule has 0 aromatic heterocycles. The number of hydrogen-bond donors (Lipinski definition) is 1. The summed E-state index contributed by atoms with van der Waals surface area (Å²) in [6.45, 7) is 5.74. The van der Waals surface area contributed by atoms with Crippen molar-refractivity contribution in [3.63, 3.8) is 0 Å². The lowest BCUT2D eigenvalue weighted by molar-refractivity contribution is -0.0215. The zero-order valence-electron chi connectivity index (χ0n) is 9.81. The highest BCUT2D eigenvalue weighted by atomic mass is 19.1. The Morgan fingerprint density at radius 1 is 1.50 bits per heavy atom. The molecule has 2 aliphatic rings. The fourth-order valence-corrected chi connectivity index (χ4v) is 2.47. The fourth-order valence-electron chi connectivity index (χ4n) is 2.47. The molecule has 1 saturated carbocycles. The van der Waals surface area contributed by atoms with Crippen molar-refractivity contribution in [2.24, 2.45) is 5.92 Å². The largest absolute Gasteiger partial charge is 0.444 e. The number of aliphatic hydroxyl groups is 1. The molecule has 2 bridgehead atoms. The molecule has 0 aromatic rings. The lowest BCUT2D eigenvalue weighted by atomic mass is 10.1. The van der Waals surface area contributed by atoms with E-state index in [1.54, 1.807) is 20.8 Å². The molecule has 4 nitrogen and oxygen atoms in total. The van der Waals surface area contributed by atoms with Crippen molar-refractivity contribution in [1.82, 2.24) is 4.90 Å². The van der Waals surface area contributed by atoms with Gasteiger partial charge >= 0.3 is 6.09 Å². The predicted molar refractivity (Wildman–Crippen MR) is 55.7 cm³/mol. The second kappa shape index (κ2) is 3.58. The van der Waals surface area contributed by atoms with Crippen LogP contribution in [0, 0.1) is 5.92 Å². The van der Waals surface area contributed by atoms with Crippen LogP contribution in [-0.2, 0) is 4.74 Å². The van der Waals surface area contributed by atoms with Gasteiger partial charge in [-0.1, -0.05) is 0 Å². The number of hydrogen-bond acceptors (Lipinski definition) is 3. The van der Waals surface area contributed by atoms with Crippen LogP contribution in [0.5, 0.6) is 0 Å². The van der Waals surface area contributed by atoms with Crippen LogP contribution in [0.2, 0.25) is 0 Å². The third-order valence-electron chi connectivity index (χ3n) is 3.18. The molecule has 4 atom stereocenters. The van der Waals surface area contributed by atoms with E-state index in [9.17, 15) is 14.3 Å². The van der Waals surface area contributed by atoms with E-state index in [0.29, 0.717) is 13.0 Å². The summed E-state index contributed by atoms with van der Waals surface area (Å²) >= 11 is 0. The van der Waals surface area contributed by atoms with Gasteiger partial charge in [-0.3, -0.25) is 0 Å². The highest BCUT2D eigenvalue weighted by Crippen LogP contribution is 2.40. The van der Waals surface area contributed by atoms with Gasteiger partial charge in [0.05, 0.1) is 12.1 Å². The van der Waals surface area contributed by atoms with Crippen LogP contribution >= 0.6 is 0 Å². The molecule has 5 heteroatoms. The number of nitrogens with zero attached hydrogens (tertiary/aromatic N) is 1. The molecule has 1 saturated heterocycles. The zero-order chi connectivity index (χ0) is 12.1. The Bertz CT molecular complexity index is 300. The number of aliphatic hydroxyl groups excluding tert-OH is 1. The van der Waals surface area contributed by atoms with Crippen molar-refractivity contribution in [3.8, 4) is 0 Å². The zero-order valence-corrected chi connectivity index (χ0v) is 9.81. The predicted octanol–water partition coefficient (Wildman–Crippen LogP) is 1.32. The molecule has 0 radical (unpaired) electrons. The first-order valence-electron chi connectivity index (χ1n) is 5.61. The van der Waals surface area contributed by atoms with Crippen LogP contribution in [0.1, 0.15) is 27.2 Å². The number of fused-ring (bicyclic) bond motifs is 2. The summed E-state index contributed by atoms with van der Waals surface area (Å²) in [5, 5.41) is 9.47. The lowest BCUT2D eigenvalue weighted by Crippen LogP contribution is -2.50. The Hall–Kier alpha value is -0.840. The molecule has 1 amide bonds. The number of likely N-dealkylation sites (tertiary alicyclic amines) is 1. The summed E-state index contributed by atoms with van der Waals surface area (Å²) in [6, 6.07) is -0.505. The van der Waals surface area contributed by atoms with Crippen molar-refractivity contribution < 1.29 is 19.0 Å². The van der Waals surface area contributed by atoms with Crippen molar-refractivity contribution in [3.05, 3.63) is 0 Å². The fraction of sp³-hybridized carbons (Fsp3) is 0.909. The van der Waals surface area contributed by atoms with E-state index >= 15 is 0 Å². The Morgan fingerprint density at radius 3 is 2.56 bits per heavy atom. The molecule has 0 aromatic carbocycles. The standard InChI is InChI=1S/C11H18FNO3/c1-11(2,3)16-10(15)13-5-6-4-7(13)8(12)9(6)14/h6-9,14H,4-5H2,1-3H3/t6-,7-,8-,9-/m1/s1. The van der Waals surface area contributed by atoms with Crippen LogP contribution in [0.3, 0.4) is 0 Å². The number of halogens is 1.